The number of halogens is 1. The van der Waals surface area contributed by atoms with Gasteiger partial charge in [-0.3, -0.25) is 14.1 Å². The molecular formula is C13H13ClN8. The Bertz CT molecular complexity index is 838. The summed E-state index contributed by atoms with van der Waals surface area (Å²) in [5, 5.41) is 13.0. The molecule has 1 unspecified atom stereocenters. The van der Waals surface area contributed by atoms with E-state index in [4.69, 9.17) is 11.6 Å². The van der Waals surface area contributed by atoms with E-state index < -0.39 is 0 Å². The second-order valence-electron chi connectivity index (χ2n) is 5.05. The van der Waals surface area contributed by atoms with Gasteiger partial charge in [-0.05, 0) is 18.0 Å². The van der Waals surface area contributed by atoms with Crippen LogP contribution in [0.2, 0.25) is 5.28 Å². The van der Waals surface area contributed by atoms with Gasteiger partial charge in [-0.2, -0.15) is 10.1 Å². The minimum absolute atomic E-state index is 0.0177. The molecule has 0 fully saturated rings. The first-order chi connectivity index (χ1) is 10.7. The number of anilines is 2. The van der Waals surface area contributed by atoms with E-state index in [9.17, 15) is 0 Å². The van der Waals surface area contributed by atoms with Gasteiger partial charge in [0.25, 0.3) is 0 Å². The van der Waals surface area contributed by atoms with Gasteiger partial charge in [-0.1, -0.05) is 6.92 Å². The van der Waals surface area contributed by atoms with Gasteiger partial charge in [-0.15, -0.1) is 10.2 Å². The van der Waals surface area contributed by atoms with Crippen molar-refractivity contribution in [2.45, 2.75) is 19.4 Å². The molecule has 8 nitrogen and oxygen atoms in total. The molecule has 3 aromatic rings. The van der Waals surface area contributed by atoms with Gasteiger partial charge in [0.1, 0.15) is 12.0 Å². The summed E-state index contributed by atoms with van der Waals surface area (Å²) in [5.74, 6) is 2.34. The molecule has 0 amide bonds. The van der Waals surface area contributed by atoms with Crippen LogP contribution in [0.4, 0.5) is 11.6 Å². The van der Waals surface area contributed by atoms with Crippen LogP contribution >= 0.6 is 11.6 Å². The van der Waals surface area contributed by atoms with Crippen molar-refractivity contribution >= 4 is 23.2 Å². The standard InChI is InChI=1S/C13H13ClN8/c1-3-8-12-18-16-7-21(12)9-6-15-13(14)17-11(9)22(8)10-4-5-20(2)19-10/h4-8H,3H2,1-2H3. The summed E-state index contributed by atoms with van der Waals surface area (Å²) in [4.78, 5) is 10.5. The molecule has 22 heavy (non-hydrogen) atoms. The summed E-state index contributed by atoms with van der Waals surface area (Å²) >= 11 is 6.01. The Kier molecular flexibility index (Phi) is 2.86. The highest BCUT2D eigenvalue weighted by molar-refractivity contribution is 6.28. The third-order valence-electron chi connectivity index (χ3n) is 3.73. The highest BCUT2D eigenvalue weighted by Crippen LogP contribution is 2.42. The van der Waals surface area contributed by atoms with Crippen molar-refractivity contribution in [2.24, 2.45) is 7.05 Å². The maximum Gasteiger partial charge on any atom is 0.224 e. The van der Waals surface area contributed by atoms with Gasteiger partial charge in [-0.25, -0.2) is 4.98 Å². The van der Waals surface area contributed by atoms with Crippen LogP contribution in [0.1, 0.15) is 25.2 Å². The van der Waals surface area contributed by atoms with Gasteiger partial charge in [0, 0.05) is 19.3 Å². The predicted octanol–water partition coefficient (Wildman–Crippen LogP) is 2.05. The zero-order valence-corrected chi connectivity index (χ0v) is 12.8. The zero-order valence-electron chi connectivity index (χ0n) is 12.0. The van der Waals surface area contributed by atoms with E-state index in [1.807, 2.05) is 28.8 Å². The summed E-state index contributed by atoms with van der Waals surface area (Å²) in [5.41, 5.74) is 0.791. The van der Waals surface area contributed by atoms with E-state index in [2.05, 4.69) is 32.2 Å². The fourth-order valence-corrected chi connectivity index (χ4v) is 2.91. The topological polar surface area (TPSA) is 77.5 Å². The van der Waals surface area contributed by atoms with Crippen molar-refractivity contribution in [1.82, 2.24) is 34.5 Å². The van der Waals surface area contributed by atoms with Crippen LogP contribution < -0.4 is 4.90 Å². The Balaban J connectivity index is 1.99. The van der Waals surface area contributed by atoms with Gasteiger partial charge in [0.05, 0.1) is 12.2 Å². The first-order valence-electron chi connectivity index (χ1n) is 6.90. The van der Waals surface area contributed by atoms with Crippen LogP contribution in [0.3, 0.4) is 0 Å². The average molecular weight is 317 g/mol. The van der Waals surface area contributed by atoms with Crippen LogP contribution in [0, 0.1) is 0 Å². The van der Waals surface area contributed by atoms with Crippen molar-refractivity contribution in [3.63, 3.8) is 0 Å². The van der Waals surface area contributed by atoms with Crippen molar-refractivity contribution in [1.29, 1.82) is 0 Å². The Hall–Kier alpha value is -2.48. The molecule has 3 aromatic heterocycles. The minimum Gasteiger partial charge on any atom is -0.297 e. The molecule has 1 aliphatic heterocycles. The molecule has 0 radical (unpaired) electrons. The maximum absolute atomic E-state index is 6.01. The number of fused-ring (bicyclic) bond motifs is 3. The van der Waals surface area contributed by atoms with Gasteiger partial charge < -0.3 is 0 Å². The molecular weight excluding hydrogens is 304 g/mol. The Morgan fingerprint density at radius 2 is 2.23 bits per heavy atom. The largest absolute Gasteiger partial charge is 0.297 e. The van der Waals surface area contributed by atoms with Crippen LogP contribution in [-0.2, 0) is 7.05 Å². The Morgan fingerprint density at radius 1 is 1.36 bits per heavy atom. The molecule has 4 rings (SSSR count). The molecule has 0 saturated carbocycles. The number of rotatable bonds is 2. The first kappa shape index (κ1) is 13.2. The van der Waals surface area contributed by atoms with Crippen molar-refractivity contribution in [3.05, 3.63) is 35.9 Å². The molecule has 1 aliphatic rings. The summed E-state index contributed by atoms with van der Waals surface area (Å²) in [6, 6.07) is 1.92. The van der Waals surface area contributed by atoms with Gasteiger partial charge in [0.2, 0.25) is 5.28 Å². The lowest BCUT2D eigenvalue weighted by molar-refractivity contribution is 0.581. The molecule has 0 spiro atoms. The fourth-order valence-electron chi connectivity index (χ4n) is 2.78. The van der Waals surface area contributed by atoms with Crippen LogP contribution in [0.25, 0.3) is 5.69 Å². The van der Waals surface area contributed by atoms with Crippen LogP contribution in [-0.4, -0.2) is 34.5 Å². The monoisotopic (exact) mass is 316 g/mol. The third-order valence-corrected chi connectivity index (χ3v) is 3.91. The number of aryl methyl sites for hydroxylation is 1. The van der Waals surface area contributed by atoms with Crippen molar-refractivity contribution in [3.8, 4) is 5.69 Å². The van der Waals surface area contributed by atoms with E-state index in [1.165, 1.54) is 0 Å². The lowest BCUT2D eigenvalue weighted by Gasteiger charge is -2.35. The fraction of sp³-hybridized carbons (Fsp3) is 0.308. The minimum atomic E-state index is -0.0177. The summed E-state index contributed by atoms with van der Waals surface area (Å²) in [6.07, 6.45) is 6.07. The number of nitrogens with zero attached hydrogens (tertiary/aromatic N) is 8. The first-order valence-corrected chi connectivity index (χ1v) is 7.28. The average Bonchev–Trinajstić information content (AvgIpc) is 3.14. The molecule has 9 heteroatoms. The number of aromatic nitrogens is 7. The second-order valence-corrected chi connectivity index (χ2v) is 5.39. The lowest BCUT2D eigenvalue weighted by Crippen LogP contribution is -2.32. The molecule has 0 aromatic carbocycles. The maximum atomic E-state index is 6.01. The Morgan fingerprint density at radius 3 is 2.95 bits per heavy atom. The molecule has 0 N–H and O–H groups in total. The third kappa shape index (κ3) is 1.80. The van der Waals surface area contributed by atoms with E-state index in [0.29, 0.717) is 5.82 Å². The summed E-state index contributed by atoms with van der Waals surface area (Å²) in [6.45, 7) is 2.09. The lowest BCUT2D eigenvalue weighted by atomic mass is 10.1. The molecule has 0 aliphatic carbocycles. The number of hydrogen-bond donors (Lipinski definition) is 0. The van der Waals surface area contributed by atoms with Crippen molar-refractivity contribution in [2.75, 3.05) is 4.90 Å². The van der Waals surface area contributed by atoms with E-state index in [1.54, 1.807) is 17.2 Å². The Labute approximate surface area is 131 Å². The highest BCUT2D eigenvalue weighted by atomic mass is 35.5. The SMILES string of the molecule is CCC1c2nncn2-c2cnc(Cl)nc2N1c1ccn(C)n1. The predicted molar refractivity (Wildman–Crippen MR) is 80.3 cm³/mol. The van der Waals surface area contributed by atoms with Gasteiger partial charge in [0.15, 0.2) is 17.5 Å². The van der Waals surface area contributed by atoms with Crippen LogP contribution in [0.15, 0.2) is 24.8 Å². The number of hydrogen-bond acceptors (Lipinski definition) is 6. The highest BCUT2D eigenvalue weighted by Gasteiger charge is 2.35. The second kappa shape index (κ2) is 4.77. The molecule has 4 heterocycles. The normalized spacial score (nSPS) is 16.5. The van der Waals surface area contributed by atoms with Crippen molar-refractivity contribution < 1.29 is 0 Å². The van der Waals surface area contributed by atoms with E-state index in [0.717, 1.165) is 23.8 Å². The molecule has 0 saturated heterocycles. The quantitative estimate of drug-likeness (QED) is 0.673. The van der Waals surface area contributed by atoms with Crippen LogP contribution in [0.5, 0.6) is 0 Å². The molecule has 0 bridgehead atoms. The van der Waals surface area contributed by atoms with Gasteiger partial charge >= 0.3 is 0 Å². The van der Waals surface area contributed by atoms with E-state index in [-0.39, 0.29) is 11.3 Å². The van der Waals surface area contributed by atoms with E-state index >= 15 is 0 Å². The molecule has 112 valence electrons. The zero-order chi connectivity index (χ0) is 15.3. The summed E-state index contributed by atoms with van der Waals surface area (Å²) in [7, 11) is 1.88. The summed E-state index contributed by atoms with van der Waals surface area (Å²) < 4.78 is 3.66. The molecule has 1 atom stereocenters. The smallest absolute Gasteiger partial charge is 0.224 e.